The minimum atomic E-state index is -4.64. The fourth-order valence-electron chi connectivity index (χ4n) is 5.46. The summed E-state index contributed by atoms with van der Waals surface area (Å²) in [7, 11) is 1.58. The maximum absolute atomic E-state index is 13.7. The van der Waals surface area contributed by atoms with Crippen molar-refractivity contribution in [3.8, 4) is 28.4 Å². The predicted molar refractivity (Wildman–Crippen MR) is 135 cm³/mol. The van der Waals surface area contributed by atoms with Gasteiger partial charge in [0.05, 0.1) is 36.1 Å². The number of fused-ring (bicyclic) bond motifs is 2. The summed E-state index contributed by atoms with van der Waals surface area (Å²) in [6.07, 6.45) is -2.56. The lowest BCUT2D eigenvalue weighted by Gasteiger charge is -2.37. The summed E-state index contributed by atoms with van der Waals surface area (Å²) < 4.78 is 47.5. The Hall–Kier alpha value is -4.27. The van der Waals surface area contributed by atoms with Crippen molar-refractivity contribution in [3.05, 3.63) is 89.6 Å². The summed E-state index contributed by atoms with van der Waals surface area (Å²) in [6, 6.07) is 20.0. The molecule has 6 rings (SSSR count). The number of halogens is 3. The minimum Gasteiger partial charge on any atom is -0.506 e. The molecule has 4 aromatic rings. The fraction of sp³-hybridized carbons (Fsp3) is 0.241. The number of nitrogens with zero attached hydrogens (tertiary/aromatic N) is 3. The highest BCUT2D eigenvalue weighted by Crippen LogP contribution is 2.57. The number of aromatic nitrogens is 2. The molecule has 1 aliphatic carbocycles. The zero-order valence-corrected chi connectivity index (χ0v) is 20.5. The molecule has 194 valence electrons. The third-order valence-electron chi connectivity index (χ3n) is 7.53. The van der Waals surface area contributed by atoms with Crippen LogP contribution in [-0.4, -0.2) is 27.9 Å². The van der Waals surface area contributed by atoms with Gasteiger partial charge in [-0.05, 0) is 66.4 Å². The van der Waals surface area contributed by atoms with Gasteiger partial charge >= 0.3 is 6.18 Å². The number of benzene rings is 3. The minimum absolute atomic E-state index is 0.102. The van der Waals surface area contributed by atoms with E-state index in [1.165, 1.54) is 10.7 Å². The van der Waals surface area contributed by atoms with E-state index < -0.39 is 17.3 Å². The smallest absolute Gasteiger partial charge is 0.435 e. The standard InChI is InChI=1S/C29H24F3N3O3/c1-38-21-10-8-18(9-11-21)17-34-26-22(28(27(34)37)12-5-13-28)14-19(15-24(26)36)23-16-25(29(30,31)32)33-35(23)20-6-3-2-4-7-20/h2-4,6-11,14-16,36H,5,12-13,17H2,1H3. The van der Waals surface area contributed by atoms with E-state index >= 15 is 0 Å². The number of aromatic hydroxyl groups is 1. The number of rotatable bonds is 5. The van der Waals surface area contributed by atoms with Gasteiger partial charge in [-0.15, -0.1) is 0 Å². The number of ether oxygens (including phenoxy) is 1. The molecule has 1 amide bonds. The number of carbonyl (C=O) groups excluding carboxylic acids is 1. The third kappa shape index (κ3) is 3.72. The molecule has 1 aromatic heterocycles. The fourth-order valence-corrected chi connectivity index (χ4v) is 5.46. The van der Waals surface area contributed by atoms with Crippen molar-refractivity contribution in [2.75, 3.05) is 12.0 Å². The molecule has 1 N–H and O–H groups in total. The number of para-hydroxylation sites is 1. The summed E-state index contributed by atoms with van der Waals surface area (Å²) in [5, 5.41) is 15.1. The quantitative estimate of drug-likeness (QED) is 0.339. The van der Waals surface area contributed by atoms with Crippen LogP contribution in [-0.2, 0) is 22.9 Å². The van der Waals surface area contributed by atoms with Crippen molar-refractivity contribution >= 4 is 11.6 Å². The van der Waals surface area contributed by atoms with E-state index in [2.05, 4.69) is 5.10 Å². The van der Waals surface area contributed by atoms with Crippen LogP contribution in [0, 0.1) is 0 Å². The van der Waals surface area contributed by atoms with Crippen molar-refractivity contribution < 1.29 is 27.8 Å². The van der Waals surface area contributed by atoms with Gasteiger partial charge in [-0.25, -0.2) is 4.68 Å². The molecule has 38 heavy (non-hydrogen) atoms. The lowest BCUT2D eigenvalue weighted by molar-refractivity contribution is -0.141. The van der Waals surface area contributed by atoms with Crippen LogP contribution in [0.15, 0.2) is 72.8 Å². The molecule has 1 fully saturated rings. The molecule has 3 aromatic carbocycles. The highest BCUT2D eigenvalue weighted by molar-refractivity contribution is 6.10. The lowest BCUT2D eigenvalue weighted by atomic mass is 9.65. The summed E-state index contributed by atoms with van der Waals surface area (Å²) in [5.74, 6) is 0.435. The molecule has 0 radical (unpaired) electrons. The van der Waals surface area contributed by atoms with E-state index in [0.717, 1.165) is 18.1 Å². The van der Waals surface area contributed by atoms with Gasteiger partial charge in [0.15, 0.2) is 5.69 Å². The topological polar surface area (TPSA) is 67.6 Å². The summed E-state index contributed by atoms with van der Waals surface area (Å²) in [5.41, 5.74) is 1.08. The molecular formula is C29H24F3N3O3. The van der Waals surface area contributed by atoms with Gasteiger partial charge < -0.3 is 14.7 Å². The number of hydrogen-bond acceptors (Lipinski definition) is 4. The number of carbonyl (C=O) groups is 1. The first kappa shape index (κ1) is 24.1. The zero-order chi connectivity index (χ0) is 26.7. The van der Waals surface area contributed by atoms with E-state index in [-0.39, 0.29) is 23.9 Å². The van der Waals surface area contributed by atoms with Crippen LogP contribution >= 0.6 is 0 Å². The van der Waals surface area contributed by atoms with Crippen LogP contribution in [0.25, 0.3) is 16.9 Å². The van der Waals surface area contributed by atoms with Gasteiger partial charge in [-0.1, -0.05) is 36.8 Å². The number of hydrogen-bond donors (Lipinski definition) is 1. The van der Waals surface area contributed by atoms with Gasteiger partial charge in [0.1, 0.15) is 11.5 Å². The molecule has 2 heterocycles. The number of anilines is 1. The van der Waals surface area contributed by atoms with E-state index in [1.54, 1.807) is 48.4 Å². The molecular weight excluding hydrogens is 495 g/mol. The maximum Gasteiger partial charge on any atom is 0.435 e. The molecule has 2 aliphatic rings. The van der Waals surface area contributed by atoms with Crippen molar-refractivity contribution in [3.63, 3.8) is 0 Å². The Balaban J connectivity index is 1.48. The average molecular weight is 520 g/mol. The van der Waals surface area contributed by atoms with Crippen LogP contribution in [0.3, 0.4) is 0 Å². The lowest BCUT2D eigenvalue weighted by Crippen LogP contribution is -2.44. The molecule has 0 unspecified atom stereocenters. The molecule has 1 spiro atoms. The van der Waals surface area contributed by atoms with Crippen molar-refractivity contribution in [1.82, 2.24) is 9.78 Å². The molecule has 0 atom stereocenters. The normalized spacial score (nSPS) is 16.0. The van der Waals surface area contributed by atoms with Crippen LogP contribution in [0.2, 0.25) is 0 Å². The van der Waals surface area contributed by atoms with Crippen molar-refractivity contribution in [2.45, 2.75) is 37.4 Å². The van der Waals surface area contributed by atoms with E-state index in [9.17, 15) is 23.1 Å². The van der Waals surface area contributed by atoms with Gasteiger partial charge in [0.2, 0.25) is 5.91 Å². The van der Waals surface area contributed by atoms with E-state index in [1.807, 2.05) is 24.3 Å². The van der Waals surface area contributed by atoms with Crippen LogP contribution in [0.5, 0.6) is 11.5 Å². The Morgan fingerprint density at radius 1 is 1.03 bits per heavy atom. The van der Waals surface area contributed by atoms with Crippen molar-refractivity contribution in [2.24, 2.45) is 0 Å². The second-order valence-electron chi connectivity index (χ2n) is 9.73. The Kier molecular flexibility index (Phi) is 5.48. The molecule has 9 heteroatoms. The first-order valence-corrected chi connectivity index (χ1v) is 12.3. The summed E-state index contributed by atoms with van der Waals surface area (Å²) >= 11 is 0. The first-order valence-electron chi connectivity index (χ1n) is 12.3. The molecule has 6 nitrogen and oxygen atoms in total. The van der Waals surface area contributed by atoms with Crippen molar-refractivity contribution in [1.29, 1.82) is 0 Å². The second-order valence-corrected chi connectivity index (χ2v) is 9.73. The Morgan fingerprint density at radius 3 is 2.34 bits per heavy atom. The van der Waals surface area contributed by atoms with Crippen LogP contribution in [0.1, 0.15) is 36.1 Å². The number of alkyl halides is 3. The van der Waals surface area contributed by atoms with Gasteiger partial charge in [0, 0.05) is 5.56 Å². The Morgan fingerprint density at radius 2 is 1.74 bits per heavy atom. The monoisotopic (exact) mass is 519 g/mol. The van der Waals surface area contributed by atoms with E-state index in [4.69, 9.17) is 4.74 Å². The van der Waals surface area contributed by atoms with E-state index in [0.29, 0.717) is 41.1 Å². The second kappa shape index (κ2) is 8.65. The predicted octanol–water partition coefficient (Wildman–Crippen LogP) is 6.24. The maximum atomic E-state index is 13.7. The third-order valence-corrected chi connectivity index (χ3v) is 7.53. The number of methoxy groups -OCH3 is 1. The molecule has 0 saturated heterocycles. The zero-order valence-electron chi connectivity index (χ0n) is 20.5. The average Bonchev–Trinajstić information content (AvgIpc) is 3.43. The molecule has 1 aliphatic heterocycles. The molecule has 1 saturated carbocycles. The number of amides is 1. The van der Waals surface area contributed by atoms with Crippen LogP contribution < -0.4 is 9.64 Å². The van der Waals surface area contributed by atoms with Gasteiger partial charge in [-0.3, -0.25) is 4.79 Å². The summed E-state index contributed by atoms with van der Waals surface area (Å²) in [6.45, 7) is 0.255. The highest BCUT2D eigenvalue weighted by atomic mass is 19.4. The van der Waals surface area contributed by atoms with Crippen LogP contribution in [0.4, 0.5) is 18.9 Å². The van der Waals surface area contributed by atoms with Gasteiger partial charge in [-0.2, -0.15) is 18.3 Å². The summed E-state index contributed by atoms with van der Waals surface area (Å²) in [4.78, 5) is 15.3. The number of phenols is 1. The SMILES string of the molecule is COc1ccc(CN2C(=O)C3(CCC3)c3cc(-c4cc(C(F)(F)F)nn4-c4ccccc4)cc(O)c32)cc1. The first-order chi connectivity index (χ1) is 18.2. The highest BCUT2D eigenvalue weighted by Gasteiger charge is 2.55. The number of phenolic OH excluding ortho intramolecular Hbond substituents is 1. The Labute approximate surface area is 216 Å². The molecule has 0 bridgehead atoms. The largest absolute Gasteiger partial charge is 0.506 e. The Bertz CT molecular complexity index is 1520. The van der Waals surface area contributed by atoms with Gasteiger partial charge in [0.25, 0.3) is 0 Å².